The molecule has 54 heavy (non-hydrogen) atoms. The van der Waals surface area contributed by atoms with Gasteiger partial charge in [-0.2, -0.15) is 0 Å². The van der Waals surface area contributed by atoms with Crippen molar-refractivity contribution in [3.05, 3.63) is 177 Å². The molecule has 0 N–H and O–H groups in total. The van der Waals surface area contributed by atoms with Crippen molar-refractivity contribution < 1.29 is 33.2 Å². The van der Waals surface area contributed by atoms with Crippen LogP contribution in [0.4, 0.5) is 0 Å². The molecule has 1 fully saturated rings. The first-order valence-electron chi connectivity index (χ1n) is 18.4. The minimum atomic E-state index is -1.17. The molecule has 282 valence electrons. The third-order valence-corrected chi connectivity index (χ3v) is 11.5. The van der Waals surface area contributed by atoms with Crippen molar-refractivity contribution in [3.63, 3.8) is 0 Å². The normalized spacial score (nSPS) is 21.0. The first-order valence-corrected chi connectivity index (χ1v) is 20.2. The van der Waals surface area contributed by atoms with Crippen LogP contribution >= 0.6 is 15.9 Å². The maximum Gasteiger partial charge on any atom is 0.303 e. The molecule has 0 saturated carbocycles. The summed E-state index contributed by atoms with van der Waals surface area (Å²) in [6, 6.07) is 44.3. The number of esters is 1. The SMILES string of the molecule is CC(=O)O[C@]([SiH3])(c1c(C)cc(Br)cc1C)[C@H]1OC(COCc2ccccc2)[C@@H](OCc2ccccc2)C(OCc2ccccc2)C1OCc1ccccc1. The minimum Gasteiger partial charge on any atom is -0.457 e. The molecular formula is C45H49BrO7Si. The summed E-state index contributed by atoms with van der Waals surface area (Å²) < 4.78 is 42.0. The van der Waals surface area contributed by atoms with E-state index in [4.69, 9.17) is 28.4 Å². The fourth-order valence-corrected chi connectivity index (χ4v) is 9.70. The highest BCUT2D eigenvalue weighted by Gasteiger charge is 2.57. The predicted molar refractivity (Wildman–Crippen MR) is 217 cm³/mol. The fraction of sp³-hybridized carbons (Fsp3) is 0.311. The number of hydrogen-bond acceptors (Lipinski definition) is 7. The monoisotopic (exact) mass is 808 g/mol. The smallest absolute Gasteiger partial charge is 0.303 e. The van der Waals surface area contributed by atoms with E-state index in [0.717, 1.165) is 43.4 Å². The Kier molecular flexibility index (Phi) is 14.1. The molecule has 0 aliphatic carbocycles. The molecule has 1 aliphatic rings. The van der Waals surface area contributed by atoms with Gasteiger partial charge >= 0.3 is 5.97 Å². The molecule has 0 radical (unpaired) electrons. The van der Waals surface area contributed by atoms with Crippen molar-refractivity contribution in [1.82, 2.24) is 0 Å². The van der Waals surface area contributed by atoms with E-state index in [1.165, 1.54) is 6.92 Å². The van der Waals surface area contributed by atoms with Crippen LogP contribution in [0.25, 0.3) is 0 Å². The van der Waals surface area contributed by atoms with Gasteiger partial charge in [0.2, 0.25) is 0 Å². The van der Waals surface area contributed by atoms with Gasteiger partial charge in [0.15, 0.2) is 0 Å². The van der Waals surface area contributed by atoms with Gasteiger partial charge in [-0.05, 0) is 64.9 Å². The molecular weight excluding hydrogens is 760 g/mol. The van der Waals surface area contributed by atoms with E-state index in [2.05, 4.69) is 28.1 Å². The molecule has 1 aliphatic heterocycles. The Balaban J connectivity index is 1.46. The van der Waals surface area contributed by atoms with Gasteiger partial charge in [0.25, 0.3) is 0 Å². The second-order valence-electron chi connectivity index (χ2n) is 14.0. The first-order chi connectivity index (χ1) is 26.2. The van der Waals surface area contributed by atoms with Crippen LogP contribution in [-0.4, -0.2) is 53.3 Å². The lowest BCUT2D eigenvalue weighted by Gasteiger charge is -2.51. The molecule has 1 heterocycles. The zero-order valence-electron chi connectivity index (χ0n) is 31.4. The summed E-state index contributed by atoms with van der Waals surface area (Å²) in [5, 5.41) is -1.17. The molecule has 5 aromatic rings. The minimum absolute atomic E-state index is 0.206. The second kappa shape index (κ2) is 19.1. The summed E-state index contributed by atoms with van der Waals surface area (Å²) in [6.45, 7) is 7.06. The van der Waals surface area contributed by atoms with Crippen molar-refractivity contribution in [2.75, 3.05) is 6.61 Å². The Morgan fingerprint density at radius 2 is 1.06 bits per heavy atom. The standard InChI is InChI=1S/C45H49BrO7Si/c1-31-24-38(46)25-32(2)40(31)45(54,53-33(3)47)44-43(51-29-37-22-14-7-15-23-37)42(50-28-36-20-12-6-13-21-36)41(49-27-35-18-10-5-11-19-35)39(52-44)30-48-26-34-16-8-4-9-17-34/h4-25,39,41-44H,26-30H2,1-3,54H3/t39?,41-,42?,43?,44+,45+/m1/s1. The number of rotatable bonds is 16. The third-order valence-electron chi connectivity index (χ3n) is 9.78. The maximum absolute atomic E-state index is 13.2. The molecule has 0 spiro atoms. The number of benzene rings is 5. The number of halogens is 1. The highest BCUT2D eigenvalue weighted by molar-refractivity contribution is 9.10. The molecule has 0 bridgehead atoms. The fourth-order valence-electron chi connectivity index (χ4n) is 7.48. The van der Waals surface area contributed by atoms with Crippen molar-refractivity contribution in [1.29, 1.82) is 0 Å². The number of carbonyl (C=O) groups is 1. The number of ether oxygens (including phenoxy) is 6. The predicted octanol–water partition coefficient (Wildman–Crippen LogP) is 7.89. The second-order valence-corrected chi connectivity index (χ2v) is 16.4. The van der Waals surface area contributed by atoms with Crippen LogP contribution in [0.15, 0.2) is 138 Å². The van der Waals surface area contributed by atoms with E-state index in [1.807, 2.05) is 135 Å². The van der Waals surface area contributed by atoms with Crippen molar-refractivity contribution >= 4 is 32.1 Å². The zero-order valence-corrected chi connectivity index (χ0v) is 34.9. The highest BCUT2D eigenvalue weighted by Crippen LogP contribution is 2.43. The Morgan fingerprint density at radius 3 is 1.50 bits per heavy atom. The van der Waals surface area contributed by atoms with Crippen molar-refractivity contribution in [2.24, 2.45) is 0 Å². The Bertz CT molecular complexity index is 1890. The van der Waals surface area contributed by atoms with E-state index in [0.29, 0.717) is 30.1 Å². The van der Waals surface area contributed by atoms with Crippen LogP contribution in [0.2, 0.25) is 0 Å². The van der Waals surface area contributed by atoms with Gasteiger partial charge in [-0.15, -0.1) is 0 Å². The molecule has 6 rings (SSSR count). The lowest BCUT2D eigenvalue weighted by molar-refractivity contribution is -0.295. The number of carbonyl (C=O) groups excluding carboxylic acids is 1. The summed E-state index contributed by atoms with van der Waals surface area (Å²) >= 11 is 3.67. The van der Waals surface area contributed by atoms with E-state index >= 15 is 0 Å². The quantitative estimate of drug-likeness (QED) is 0.0742. The van der Waals surface area contributed by atoms with Crippen molar-refractivity contribution in [2.45, 2.75) is 82.9 Å². The van der Waals surface area contributed by atoms with Crippen LogP contribution in [0, 0.1) is 13.8 Å². The molecule has 3 unspecified atom stereocenters. The van der Waals surface area contributed by atoms with E-state index in [1.54, 1.807) is 0 Å². The van der Waals surface area contributed by atoms with Gasteiger partial charge in [-0.25, -0.2) is 0 Å². The third kappa shape index (κ3) is 10.2. The van der Waals surface area contributed by atoms with Gasteiger partial charge in [-0.3, -0.25) is 4.79 Å². The van der Waals surface area contributed by atoms with Crippen molar-refractivity contribution in [3.8, 4) is 0 Å². The van der Waals surface area contributed by atoms with E-state index in [9.17, 15) is 4.79 Å². The Morgan fingerprint density at radius 1 is 0.648 bits per heavy atom. The lowest BCUT2D eigenvalue weighted by Crippen LogP contribution is -2.67. The molecule has 0 aromatic heterocycles. The summed E-state index contributed by atoms with van der Waals surface area (Å²) in [7, 11) is 0.378. The molecule has 7 nitrogen and oxygen atoms in total. The molecule has 9 heteroatoms. The highest BCUT2D eigenvalue weighted by atomic mass is 79.9. The van der Waals surface area contributed by atoms with Gasteiger partial charge in [0.05, 0.1) is 43.3 Å². The summed E-state index contributed by atoms with van der Waals surface area (Å²) in [5.41, 5.74) is 6.93. The van der Waals surface area contributed by atoms with E-state index in [-0.39, 0.29) is 13.2 Å². The van der Waals surface area contributed by atoms with Crippen LogP contribution in [0.5, 0.6) is 0 Å². The van der Waals surface area contributed by atoms with E-state index < -0.39 is 41.7 Å². The molecule has 0 amide bonds. The lowest BCUT2D eigenvalue weighted by atomic mass is 9.85. The van der Waals surface area contributed by atoms with Gasteiger partial charge in [-0.1, -0.05) is 137 Å². The summed E-state index contributed by atoms with van der Waals surface area (Å²) in [5.74, 6) is -0.404. The molecule has 1 saturated heterocycles. The van der Waals surface area contributed by atoms with Gasteiger partial charge in [0.1, 0.15) is 35.7 Å². The average molecular weight is 810 g/mol. The van der Waals surface area contributed by atoms with Crippen LogP contribution < -0.4 is 0 Å². The van der Waals surface area contributed by atoms with Gasteiger partial charge in [0, 0.05) is 11.4 Å². The number of hydrogen-bond donors (Lipinski definition) is 0. The zero-order chi connectivity index (χ0) is 37.9. The van der Waals surface area contributed by atoms with Crippen LogP contribution in [0.3, 0.4) is 0 Å². The maximum atomic E-state index is 13.2. The largest absolute Gasteiger partial charge is 0.457 e. The summed E-state index contributed by atoms with van der Waals surface area (Å²) in [6.07, 6.45) is -3.38. The van der Waals surface area contributed by atoms with Crippen LogP contribution in [-0.2, 0) is 64.9 Å². The van der Waals surface area contributed by atoms with Crippen LogP contribution in [0.1, 0.15) is 45.9 Å². The van der Waals surface area contributed by atoms with Gasteiger partial charge < -0.3 is 28.4 Å². The topological polar surface area (TPSA) is 72.5 Å². The number of aryl methyl sites for hydroxylation is 2. The molecule has 6 atom stereocenters. The Labute approximate surface area is 330 Å². The first kappa shape index (κ1) is 39.8. The average Bonchev–Trinajstić information content (AvgIpc) is 3.16. The summed E-state index contributed by atoms with van der Waals surface area (Å²) in [4.78, 5) is 13.2. The Hall–Kier alpha value is -3.93. The molecule has 5 aromatic carbocycles.